The van der Waals surface area contributed by atoms with Crippen LogP contribution in [0.25, 0.3) is 0 Å². The lowest BCUT2D eigenvalue weighted by Crippen LogP contribution is -2.40. The topological polar surface area (TPSA) is 76.1 Å². The first-order chi connectivity index (χ1) is 17.0. The van der Waals surface area contributed by atoms with Gasteiger partial charge in [-0.1, -0.05) is 24.3 Å². The van der Waals surface area contributed by atoms with Crippen molar-refractivity contribution in [2.24, 2.45) is 0 Å². The normalized spacial score (nSPS) is 17.9. The summed E-state index contributed by atoms with van der Waals surface area (Å²) in [4.78, 5) is 15.0. The summed E-state index contributed by atoms with van der Waals surface area (Å²) in [6.07, 6.45) is 7.45. The minimum Gasteiger partial charge on any atom is -0.464 e. The van der Waals surface area contributed by atoms with Crippen LogP contribution >= 0.6 is 11.8 Å². The van der Waals surface area contributed by atoms with Crippen LogP contribution in [0.4, 0.5) is 11.4 Å². The smallest absolute Gasteiger partial charge is 0.334 e. The first-order valence-electron chi connectivity index (χ1n) is 11.7. The average molecular weight is 531 g/mol. The molecule has 36 heavy (non-hydrogen) atoms. The van der Waals surface area contributed by atoms with E-state index in [4.69, 9.17) is 9.47 Å². The van der Waals surface area contributed by atoms with Crippen LogP contribution < -0.4 is 9.64 Å². The Balaban J connectivity index is 2.09. The van der Waals surface area contributed by atoms with Crippen LogP contribution in [-0.4, -0.2) is 50.2 Å². The van der Waals surface area contributed by atoms with Crippen LogP contribution in [0.3, 0.4) is 0 Å². The molecule has 0 fully saturated rings. The molecular weight excluding hydrogens is 496 g/mol. The standard InChI is InChI=1S/C27H34N2O5S2/c1-7-8-12-21-19-29(20-13-10-9-11-14-20)22-17-24(35-6)23(18-25(22)36(31,32)28(21)5)33-16-15-26(30)34-27(2,3)4/h7,9-11,13-18,21H,1,8,12,19H2,2-6H3/b16-15+. The van der Waals surface area contributed by atoms with Crippen molar-refractivity contribution >= 4 is 39.1 Å². The molecule has 1 aliphatic rings. The molecule has 0 saturated heterocycles. The molecule has 194 valence electrons. The number of likely N-dealkylation sites (N-methyl/N-ethyl adjacent to an activating group) is 1. The molecule has 7 nitrogen and oxygen atoms in total. The number of nitrogens with zero attached hydrogens (tertiary/aromatic N) is 2. The van der Waals surface area contributed by atoms with Gasteiger partial charge in [-0.15, -0.1) is 18.3 Å². The van der Waals surface area contributed by atoms with Crippen molar-refractivity contribution < 1.29 is 22.7 Å². The molecule has 1 aliphatic heterocycles. The fourth-order valence-corrected chi connectivity index (χ4v) is 6.01. The zero-order valence-corrected chi connectivity index (χ0v) is 23.1. The van der Waals surface area contributed by atoms with Gasteiger partial charge in [0.05, 0.1) is 22.9 Å². The van der Waals surface area contributed by atoms with E-state index in [1.54, 1.807) is 33.9 Å². The van der Waals surface area contributed by atoms with E-state index >= 15 is 0 Å². The number of para-hydroxylation sites is 1. The zero-order chi connectivity index (χ0) is 26.5. The van der Waals surface area contributed by atoms with Crippen molar-refractivity contribution in [2.45, 2.75) is 55.0 Å². The van der Waals surface area contributed by atoms with Crippen LogP contribution in [0.5, 0.6) is 5.75 Å². The molecule has 3 rings (SSSR count). The predicted octanol–water partition coefficient (Wildman–Crippen LogP) is 5.75. The number of allylic oxidation sites excluding steroid dienone is 1. The minimum atomic E-state index is -3.84. The fourth-order valence-electron chi connectivity index (χ4n) is 3.91. The molecule has 1 heterocycles. The molecule has 0 bridgehead atoms. The summed E-state index contributed by atoms with van der Waals surface area (Å²) in [6, 6.07) is 12.9. The van der Waals surface area contributed by atoms with E-state index in [-0.39, 0.29) is 10.9 Å². The summed E-state index contributed by atoms with van der Waals surface area (Å²) in [6.45, 7) is 9.63. The molecule has 0 saturated carbocycles. The highest BCUT2D eigenvalue weighted by molar-refractivity contribution is 7.98. The van der Waals surface area contributed by atoms with E-state index in [0.29, 0.717) is 30.8 Å². The van der Waals surface area contributed by atoms with Gasteiger partial charge >= 0.3 is 5.97 Å². The van der Waals surface area contributed by atoms with E-state index in [9.17, 15) is 13.2 Å². The Bertz CT molecular complexity index is 1220. The Morgan fingerprint density at radius 3 is 2.53 bits per heavy atom. The van der Waals surface area contributed by atoms with Gasteiger partial charge < -0.3 is 14.4 Å². The molecule has 0 aliphatic carbocycles. The maximum absolute atomic E-state index is 13.8. The van der Waals surface area contributed by atoms with Gasteiger partial charge in [0.25, 0.3) is 0 Å². The van der Waals surface area contributed by atoms with Crippen molar-refractivity contribution in [3.63, 3.8) is 0 Å². The Morgan fingerprint density at radius 1 is 1.22 bits per heavy atom. The van der Waals surface area contributed by atoms with Crippen molar-refractivity contribution in [1.82, 2.24) is 4.31 Å². The Hall–Kier alpha value is -2.75. The Kier molecular flexibility index (Phi) is 8.92. The number of esters is 1. The Morgan fingerprint density at radius 2 is 1.92 bits per heavy atom. The minimum absolute atomic E-state index is 0.147. The van der Waals surface area contributed by atoms with Crippen LogP contribution in [-0.2, 0) is 19.6 Å². The Labute approximate surface area is 218 Å². The second-order valence-corrected chi connectivity index (χ2v) is 12.2. The number of sulfonamides is 1. The first-order valence-corrected chi connectivity index (χ1v) is 14.3. The molecule has 1 atom stereocenters. The third-order valence-corrected chi connectivity index (χ3v) is 8.38. The van der Waals surface area contributed by atoms with Crippen LogP contribution in [0.15, 0.2) is 77.2 Å². The molecule has 2 aromatic carbocycles. The van der Waals surface area contributed by atoms with Crippen molar-refractivity contribution in [1.29, 1.82) is 0 Å². The highest BCUT2D eigenvalue weighted by Gasteiger charge is 2.37. The molecule has 0 N–H and O–H groups in total. The van der Waals surface area contributed by atoms with Crippen LogP contribution in [0.2, 0.25) is 0 Å². The molecular formula is C27H34N2O5S2. The number of fused-ring (bicyclic) bond motifs is 1. The van der Waals surface area contributed by atoms with E-state index < -0.39 is 21.6 Å². The quantitative estimate of drug-likeness (QED) is 0.141. The van der Waals surface area contributed by atoms with Crippen LogP contribution in [0, 0.1) is 0 Å². The third kappa shape index (κ3) is 6.52. The van der Waals surface area contributed by atoms with Gasteiger partial charge in [0.15, 0.2) is 0 Å². The molecule has 0 aromatic heterocycles. The zero-order valence-electron chi connectivity index (χ0n) is 21.4. The number of benzene rings is 2. The number of carbonyl (C=O) groups is 1. The van der Waals surface area contributed by atoms with E-state index in [1.165, 1.54) is 34.5 Å². The highest BCUT2D eigenvalue weighted by Crippen LogP contribution is 2.43. The lowest BCUT2D eigenvalue weighted by atomic mass is 10.1. The van der Waals surface area contributed by atoms with E-state index in [2.05, 4.69) is 6.58 Å². The summed E-state index contributed by atoms with van der Waals surface area (Å²) in [7, 11) is -2.22. The van der Waals surface area contributed by atoms with Gasteiger partial charge in [0.1, 0.15) is 16.2 Å². The summed E-state index contributed by atoms with van der Waals surface area (Å²) in [5.74, 6) is -0.203. The number of rotatable bonds is 8. The van der Waals surface area contributed by atoms with Crippen molar-refractivity contribution in [2.75, 3.05) is 24.7 Å². The van der Waals surface area contributed by atoms with Crippen molar-refractivity contribution in [3.05, 3.63) is 67.5 Å². The number of anilines is 2. The molecule has 0 spiro atoms. The lowest BCUT2D eigenvalue weighted by Gasteiger charge is -2.29. The third-order valence-electron chi connectivity index (χ3n) is 5.68. The lowest BCUT2D eigenvalue weighted by molar-refractivity contribution is -0.148. The number of hydrogen-bond acceptors (Lipinski definition) is 7. The molecule has 1 unspecified atom stereocenters. The predicted molar refractivity (Wildman–Crippen MR) is 145 cm³/mol. The largest absolute Gasteiger partial charge is 0.464 e. The summed E-state index contributed by atoms with van der Waals surface area (Å²) in [5.41, 5.74) is 0.859. The monoisotopic (exact) mass is 530 g/mol. The number of carbonyl (C=O) groups excluding carboxylic acids is 1. The summed E-state index contributed by atoms with van der Waals surface area (Å²) in [5, 5.41) is 0. The summed E-state index contributed by atoms with van der Waals surface area (Å²) < 4.78 is 40.0. The van der Waals surface area contributed by atoms with Gasteiger partial charge in [-0.25, -0.2) is 13.2 Å². The van der Waals surface area contributed by atoms with Gasteiger partial charge in [-0.2, -0.15) is 4.31 Å². The second-order valence-electron chi connectivity index (χ2n) is 9.41. The van der Waals surface area contributed by atoms with E-state index in [0.717, 1.165) is 10.6 Å². The second kappa shape index (κ2) is 11.5. The van der Waals surface area contributed by atoms with Gasteiger partial charge in [0.2, 0.25) is 10.0 Å². The van der Waals surface area contributed by atoms with Gasteiger partial charge in [-0.3, -0.25) is 0 Å². The average Bonchev–Trinajstić information content (AvgIpc) is 2.90. The molecule has 0 radical (unpaired) electrons. The first kappa shape index (κ1) is 27.8. The molecule has 0 amide bonds. The molecule has 2 aromatic rings. The number of thioether (sulfide) groups is 1. The summed E-state index contributed by atoms with van der Waals surface area (Å²) >= 11 is 1.43. The van der Waals surface area contributed by atoms with Gasteiger partial charge in [0, 0.05) is 31.4 Å². The molecule has 9 heteroatoms. The number of ether oxygens (including phenoxy) is 2. The fraction of sp³-hybridized carbons (Fsp3) is 0.370. The maximum atomic E-state index is 13.8. The number of hydrogen-bond donors (Lipinski definition) is 0. The SMILES string of the molecule is C=CCCC1CN(c2ccccc2)c2cc(SC)c(O/C=C/C(=O)OC(C)(C)C)cc2S(=O)(=O)N1C. The highest BCUT2D eigenvalue weighted by atomic mass is 32.2. The van der Waals surface area contributed by atoms with E-state index in [1.807, 2.05) is 47.6 Å². The van der Waals surface area contributed by atoms with Crippen molar-refractivity contribution in [3.8, 4) is 5.75 Å². The van der Waals surface area contributed by atoms with Gasteiger partial charge in [-0.05, 0) is 58.1 Å². The van der Waals surface area contributed by atoms with Crippen LogP contribution in [0.1, 0.15) is 33.6 Å². The maximum Gasteiger partial charge on any atom is 0.334 e.